The van der Waals surface area contributed by atoms with Crippen LogP contribution in [-0.4, -0.2) is 48.0 Å². The number of hydrogen-bond acceptors (Lipinski definition) is 4. The van der Waals surface area contributed by atoms with Crippen LogP contribution in [0.2, 0.25) is 10.0 Å². The lowest BCUT2D eigenvalue weighted by atomic mass is 10.0. The number of likely N-dealkylation sites (tertiary alicyclic amines) is 1. The molecule has 1 atom stereocenters. The Hall–Kier alpha value is -1.04. The second-order valence-electron chi connectivity index (χ2n) is 4.63. The number of rotatable bonds is 6. The molecule has 0 radical (unpaired) electrons. The molecule has 0 aliphatic carbocycles. The van der Waals surface area contributed by atoms with Gasteiger partial charge < -0.3 is 10.6 Å². The van der Waals surface area contributed by atoms with Gasteiger partial charge in [-0.15, -0.1) is 0 Å². The van der Waals surface area contributed by atoms with Crippen LogP contribution < -0.4 is 10.6 Å². The summed E-state index contributed by atoms with van der Waals surface area (Å²) in [5, 5.41) is 6.95. The van der Waals surface area contributed by atoms with Crippen LogP contribution in [0.25, 0.3) is 0 Å². The third-order valence-electron chi connectivity index (χ3n) is 3.36. The van der Waals surface area contributed by atoms with Crippen molar-refractivity contribution in [2.45, 2.75) is 19.4 Å². The fourth-order valence-corrected chi connectivity index (χ4v) is 2.59. The zero-order valence-corrected chi connectivity index (χ0v) is 12.8. The molecule has 0 spiro atoms. The van der Waals surface area contributed by atoms with E-state index in [1.165, 1.54) is 6.20 Å². The highest BCUT2D eigenvalue weighted by molar-refractivity contribution is 6.35. The molecule has 1 aliphatic rings. The fraction of sp³-hybridized carbons (Fsp3) is 0.538. The van der Waals surface area contributed by atoms with Crippen LogP contribution in [-0.2, 0) is 4.79 Å². The van der Waals surface area contributed by atoms with E-state index in [4.69, 9.17) is 23.2 Å². The molecule has 2 heterocycles. The van der Waals surface area contributed by atoms with Crippen molar-refractivity contribution in [1.29, 1.82) is 0 Å². The molecular formula is C13H18Cl2N4O. The molecule has 2 rings (SSSR count). The Morgan fingerprint density at radius 2 is 2.30 bits per heavy atom. The van der Waals surface area contributed by atoms with Crippen LogP contribution in [0.15, 0.2) is 12.3 Å². The van der Waals surface area contributed by atoms with Crippen molar-refractivity contribution in [1.82, 2.24) is 15.2 Å². The lowest BCUT2D eigenvalue weighted by molar-refractivity contribution is -0.130. The normalized spacial score (nSPS) is 18.4. The van der Waals surface area contributed by atoms with E-state index in [0.717, 1.165) is 19.5 Å². The van der Waals surface area contributed by atoms with Gasteiger partial charge in [0.2, 0.25) is 5.91 Å². The van der Waals surface area contributed by atoms with Crippen LogP contribution in [0, 0.1) is 0 Å². The Morgan fingerprint density at radius 3 is 2.90 bits per heavy atom. The van der Waals surface area contributed by atoms with E-state index in [-0.39, 0.29) is 11.9 Å². The van der Waals surface area contributed by atoms with Gasteiger partial charge in [-0.1, -0.05) is 30.1 Å². The topological polar surface area (TPSA) is 57.3 Å². The maximum atomic E-state index is 11.9. The zero-order chi connectivity index (χ0) is 14.5. The summed E-state index contributed by atoms with van der Waals surface area (Å²) in [5.74, 6) is 0.666. The summed E-state index contributed by atoms with van der Waals surface area (Å²) in [7, 11) is 0. The highest BCUT2D eigenvalue weighted by Gasteiger charge is 2.32. The van der Waals surface area contributed by atoms with E-state index in [1.807, 2.05) is 0 Å². The van der Waals surface area contributed by atoms with Gasteiger partial charge in [0.05, 0.1) is 16.1 Å². The SMILES string of the molecule is CCN1CCC1C(=O)NCCNc1ncc(Cl)cc1Cl. The molecule has 5 nitrogen and oxygen atoms in total. The molecule has 20 heavy (non-hydrogen) atoms. The molecule has 0 aromatic carbocycles. The third-order valence-corrected chi connectivity index (χ3v) is 3.86. The summed E-state index contributed by atoms with van der Waals surface area (Å²) in [6, 6.07) is 1.67. The number of halogens is 2. The number of aromatic nitrogens is 1. The summed E-state index contributed by atoms with van der Waals surface area (Å²) in [6.07, 6.45) is 2.47. The van der Waals surface area contributed by atoms with Crippen LogP contribution >= 0.6 is 23.2 Å². The highest BCUT2D eigenvalue weighted by Crippen LogP contribution is 2.22. The first-order valence-corrected chi connectivity index (χ1v) is 7.44. The van der Waals surface area contributed by atoms with E-state index in [0.29, 0.717) is 29.0 Å². The van der Waals surface area contributed by atoms with Gasteiger partial charge in [-0.3, -0.25) is 9.69 Å². The number of nitrogens with one attached hydrogen (secondary N) is 2. The van der Waals surface area contributed by atoms with Gasteiger partial charge in [0.1, 0.15) is 5.82 Å². The smallest absolute Gasteiger partial charge is 0.237 e. The van der Waals surface area contributed by atoms with E-state index >= 15 is 0 Å². The molecule has 1 amide bonds. The van der Waals surface area contributed by atoms with Crippen LogP contribution in [0.1, 0.15) is 13.3 Å². The molecular weight excluding hydrogens is 299 g/mol. The predicted octanol–water partition coefficient (Wildman–Crippen LogP) is 2.01. The first-order valence-electron chi connectivity index (χ1n) is 6.68. The van der Waals surface area contributed by atoms with E-state index in [2.05, 4.69) is 27.4 Å². The Kier molecular flexibility index (Phi) is 5.46. The summed E-state index contributed by atoms with van der Waals surface area (Å²) in [5.41, 5.74) is 0. The number of hydrogen-bond donors (Lipinski definition) is 2. The van der Waals surface area contributed by atoms with Crippen molar-refractivity contribution in [3.63, 3.8) is 0 Å². The molecule has 2 N–H and O–H groups in total. The Bertz CT molecular complexity index is 481. The van der Waals surface area contributed by atoms with Crippen molar-refractivity contribution in [2.75, 3.05) is 31.5 Å². The minimum absolute atomic E-state index is 0.0391. The zero-order valence-electron chi connectivity index (χ0n) is 11.3. The van der Waals surface area contributed by atoms with Crippen LogP contribution in [0.5, 0.6) is 0 Å². The maximum Gasteiger partial charge on any atom is 0.237 e. The number of pyridine rings is 1. The molecule has 1 saturated heterocycles. The fourth-order valence-electron chi connectivity index (χ4n) is 2.15. The molecule has 1 aromatic rings. The van der Waals surface area contributed by atoms with Crippen molar-refractivity contribution in [3.8, 4) is 0 Å². The number of anilines is 1. The molecule has 1 aromatic heterocycles. The summed E-state index contributed by atoms with van der Waals surface area (Å²) in [4.78, 5) is 18.1. The van der Waals surface area contributed by atoms with Gasteiger partial charge in [-0.2, -0.15) is 0 Å². The number of nitrogens with zero attached hydrogens (tertiary/aromatic N) is 2. The van der Waals surface area contributed by atoms with Gasteiger partial charge in [0, 0.05) is 25.8 Å². The van der Waals surface area contributed by atoms with Gasteiger partial charge in [0.25, 0.3) is 0 Å². The van der Waals surface area contributed by atoms with E-state index < -0.39 is 0 Å². The molecule has 0 saturated carbocycles. The van der Waals surface area contributed by atoms with Crippen molar-refractivity contribution >= 4 is 34.9 Å². The number of carbonyl (C=O) groups excluding carboxylic acids is 1. The highest BCUT2D eigenvalue weighted by atomic mass is 35.5. The Labute approximate surface area is 128 Å². The van der Waals surface area contributed by atoms with Crippen molar-refractivity contribution in [2.24, 2.45) is 0 Å². The average Bonchev–Trinajstić information content (AvgIpc) is 2.36. The monoisotopic (exact) mass is 316 g/mol. The molecule has 1 fully saturated rings. The number of likely N-dealkylation sites (N-methyl/N-ethyl adjacent to an activating group) is 1. The number of carbonyl (C=O) groups is 1. The second-order valence-corrected chi connectivity index (χ2v) is 5.48. The van der Waals surface area contributed by atoms with Crippen LogP contribution in [0.3, 0.4) is 0 Å². The number of amides is 1. The largest absolute Gasteiger partial charge is 0.367 e. The second kappa shape index (κ2) is 7.11. The minimum Gasteiger partial charge on any atom is -0.367 e. The average molecular weight is 317 g/mol. The quantitative estimate of drug-likeness (QED) is 0.788. The summed E-state index contributed by atoms with van der Waals surface area (Å²) < 4.78 is 0. The van der Waals surface area contributed by atoms with E-state index in [1.54, 1.807) is 6.07 Å². The van der Waals surface area contributed by atoms with Gasteiger partial charge in [-0.25, -0.2) is 4.98 Å². The Morgan fingerprint density at radius 1 is 1.50 bits per heavy atom. The first kappa shape index (κ1) is 15.4. The van der Waals surface area contributed by atoms with E-state index in [9.17, 15) is 4.79 Å². The summed E-state index contributed by atoms with van der Waals surface area (Å²) >= 11 is 11.8. The molecule has 7 heteroatoms. The molecule has 110 valence electrons. The third kappa shape index (κ3) is 3.75. The molecule has 0 bridgehead atoms. The van der Waals surface area contributed by atoms with Gasteiger partial charge in [-0.05, 0) is 19.0 Å². The van der Waals surface area contributed by atoms with Crippen molar-refractivity contribution < 1.29 is 4.79 Å². The first-order chi connectivity index (χ1) is 9.61. The standard InChI is InChI=1S/C13H18Cl2N4O/c1-2-19-6-3-11(19)13(20)17-5-4-16-12-10(15)7-9(14)8-18-12/h7-8,11H,2-6H2,1H3,(H,16,18)(H,17,20). The van der Waals surface area contributed by atoms with Gasteiger partial charge >= 0.3 is 0 Å². The van der Waals surface area contributed by atoms with Crippen molar-refractivity contribution in [3.05, 3.63) is 22.3 Å². The Balaban J connectivity index is 1.70. The molecule has 1 unspecified atom stereocenters. The minimum atomic E-state index is 0.0391. The predicted molar refractivity (Wildman–Crippen MR) is 81.4 cm³/mol. The molecule has 1 aliphatic heterocycles. The van der Waals surface area contributed by atoms with Gasteiger partial charge in [0.15, 0.2) is 0 Å². The lowest BCUT2D eigenvalue weighted by Crippen LogP contribution is -2.56. The lowest BCUT2D eigenvalue weighted by Gasteiger charge is -2.38. The van der Waals surface area contributed by atoms with Crippen LogP contribution in [0.4, 0.5) is 5.82 Å². The maximum absolute atomic E-state index is 11.9. The summed E-state index contributed by atoms with van der Waals surface area (Å²) in [6.45, 7) is 5.10.